The average molecular weight is 373 g/mol. The minimum absolute atomic E-state index is 0.334. The summed E-state index contributed by atoms with van der Waals surface area (Å²) in [6, 6.07) is 9.24. The van der Waals surface area contributed by atoms with Crippen LogP contribution in [-0.2, 0) is 20.9 Å². The number of rotatable bonds is 6. The Balaban J connectivity index is 1.49. The van der Waals surface area contributed by atoms with E-state index in [-0.39, 0.29) is 5.91 Å². The number of fused-ring (bicyclic) bond motifs is 1. The Bertz CT molecular complexity index is 800. The SMILES string of the molecule is C[C@H](OC(=O)/C=C/c1ccc2c(c1)OCCO2)C(=O)NCc1cccs1. The molecule has 0 saturated heterocycles. The maximum atomic E-state index is 12.0. The third kappa shape index (κ3) is 4.86. The second-order valence-electron chi connectivity index (χ2n) is 5.61. The molecule has 1 amide bonds. The molecule has 1 N–H and O–H groups in total. The molecule has 0 fully saturated rings. The predicted molar refractivity (Wildman–Crippen MR) is 98.2 cm³/mol. The lowest BCUT2D eigenvalue weighted by molar-refractivity contribution is -0.150. The molecule has 1 atom stereocenters. The normalized spacial score (nSPS) is 14.0. The molecule has 136 valence electrons. The average Bonchev–Trinajstić information content (AvgIpc) is 3.17. The molecule has 1 aromatic heterocycles. The van der Waals surface area contributed by atoms with E-state index in [4.69, 9.17) is 14.2 Å². The molecule has 6 nitrogen and oxygen atoms in total. The van der Waals surface area contributed by atoms with Crippen molar-refractivity contribution in [2.45, 2.75) is 19.6 Å². The number of hydrogen-bond acceptors (Lipinski definition) is 6. The highest BCUT2D eigenvalue weighted by Crippen LogP contribution is 2.31. The van der Waals surface area contributed by atoms with Crippen LogP contribution >= 0.6 is 11.3 Å². The highest BCUT2D eigenvalue weighted by atomic mass is 32.1. The van der Waals surface area contributed by atoms with Gasteiger partial charge in [0, 0.05) is 11.0 Å². The molecule has 0 spiro atoms. The summed E-state index contributed by atoms with van der Waals surface area (Å²) in [7, 11) is 0. The molecule has 0 bridgehead atoms. The van der Waals surface area contributed by atoms with E-state index in [9.17, 15) is 9.59 Å². The van der Waals surface area contributed by atoms with E-state index >= 15 is 0 Å². The summed E-state index contributed by atoms with van der Waals surface area (Å²) < 4.78 is 16.1. The third-order valence-electron chi connectivity index (χ3n) is 3.66. The molecular weight excluding hydrogens is 354 g/mol. The molecule has 2 heterocycles. The van der Waals surface area contributed by atoms with Crippen LogP contribution in [-0.4, -0.2) is 31.2 Å². The van der Waals surface area contributed by atoms with Crippen molar-refractivity contribution >= 4 is 29.3 Å². The van der Waals surface area contributed by atoms with Crippen LogP contribution in [0.1, 0.15) is 17.4 Å². The van der Waals surface area contributed by atoms with Gasteiger partial charge in [-0.2, -0.15) is 0 Å². The topological polar surface area (TPSA) is 73.9 Å². The summed E-state index contributed by atoms with van der Waals surface area (Å²) in [5, 5.41) is 4.68. The van der Waals surface area contributed by atoms with Gasteiger partial charge >= 0.3 is 5.97 Å². The maximum absolute atomic E-state index is 12.0. The molecule has 26 heavy (non-hydrogen) atoms. The first-order chi connectivity index (χ1) is 12.6. The molecule has 7 heteroatoms. The fourth-order valence-corrected chi connectivity index (χ4v) is 2.97. The Labute approximate surface area is 155 Å². The summed E-state index contributed by atoms with van der Waals surface area (Å²) >= 11 is 1.55. The van der Waals surface area contributed by atoms with Crippen molar-refractivity contribution < 1.29 is 23.8 Å². The summed E-state index contributed by atoms with van der Waals surface area (Å²) in [5.41, 5.74) is 0.779. The number of thiophene rings is 1. The number of amides is 1. The molecule has 0 radical (unpaired) electrons. The van der Waals surface area contributed by atoms with Crippen molar-refractivity contribution in [3.8, 4) is 11.5 Å². The van der Waals surface area contributed by atoms with Crippen molar-refractivity contribution in [3.63, 3.8) is 0 Å². The number of esters is 1. The van der Waals surface area contributed by atoms with E-state index < -0.39 is 12.1 Å². The first-order valence-electron chi connectivity index (χ1n) is 8.20. The second kappa shape index (κ2) is 8.53. The molecule has 2 aromatic rings. The number of nitrogens with one attached hydrogen (secondary N) is 1. The van der Waals surface area contributed by atoms with Gasteiger partial charge < -0.3 is 19.5 Å². The molecule has 1 aliphatic heterocycles. The van der Waals surface area contributed by atoms with Gasteiger partial charge in [0.1, 0.15) is 13.2 Å². The van der Waals surface area contributed by atoms with E-state index in [0.29, 0.717) is 31.3 Å². The number of benzene rings is 1. The monoisotopic (exact) mass is 373 g/mol. The van der Waals surface area contributed by atoms with Crippen LogP contribution in [0.15, 0.2) is 41.8 Å². The molecule has 0 aliphatic carbocycles. The molecular formula is C19H19NO5S. The lowest BCUT2D eigenvalue weighted by Crippen LogP contribution is -2.34. The van der Waals surface area contributed by atoms with E-state index in [1.54, 1.807) is 36.5 Å². The lowest BCUT2D eigenvalue weighted by Gasteiger charge is -2.18. The van der Waals surface area contributed by atoms with Crippen molar-refractivity contribution in [1.82, 2.24) is 5.32 Å². The molecule has 0 saturated carbocycles. The van der Waals surface area contributed by atoms with Crippen LogP contribution in [0.25, 0.3) is 6.08 Å². The van der Waals surface area contributed by atoms with Crippen LogP contribution in [0.2, 0.25) is 0 Å². The zero-order chi connectivity index (χ0) is 18.4. The number of carbonyl (C=O) groups excluding carboxylic acids is 2. The van der Waals surface area contributed by atoms with Crippen molar-refractivity contribution in [2.24, 2.45) is 0 Å². The summed E-state index contributed by atoms with van der Waals surface area (Å²) in [6.07, 6.45) is 2.03. The van der Waals surface area contributed by atoms with E-state index in [0.717, 1.165) is 10.4 Å². The fraction of sp³-hybridized carbons (Fsp3) is 0.263. The lowest BCUT2D eigenvalue weighted by atomic mass is 10.2. The van der Waals surface area contributed by atoms with E-state index in [1.165, 1.54) is 6.08 Å². The van der Waals surface area contributed by atoms with Gasteiger partial charge in [-0.05, 0) is 42.1 Å². The van der Waals surface area contributed by atoms with Gasteiger partial charge in [-0.15, -0.1) is 11.3 Å². The quantitative estimate of drug-likeness (QED) is 0.623. The highest BCUT2D eigenvalue weighted by molar-refractivity contribution is 7.09. The maximum Gasteiger partial charge on any atom is 0.331 e. The summed E-state index contributed by atoms with van der Waals surface area (Å²) in [4.78, 5) is 24.9. The van der Waals surface area contributed by atoms with Crippen LogP contribution in [0.4, 0.5) is 0 Å². The zero-order valence-corrected chi connectivity index (χ0v) is 15.1. The number of hydrogen-bond donors (Lipinski definition) is 1. The largest absolute Gasteiger partial charge is 0.486 e. The zero-order valence-electron chi connectivity index (χ0n) is 14.3. The van der Waals surface area contributed by atoms with E-state index in [2.05, 4.69) is 5.32 Å². The van der Waals surface area contributed by atoms with Gasteiger partial charge in [0.25, 0.3) is 5.91 Å². The fourth-order valence-electron chi connectivity index (χ4n) is 2.33. The Morgan fingerprint density at radius 1 is 1.27 bits per heavy atom. The smallest absolute Gasteiger partial charge is 0.331 e. The van der Waals surface area contributed by atoms with E-state index in [1.807, 2.05) is 23.6 Å². The molecule has 1 aromatic carbocycles. The molecule has 3 rings (SSSR count). The van der Waals surface area contributed by atoms with Gasteiger partial charge in [-0.1, -0.05) is 12.1 Å². The standard InChI is InChI=1S/C19H19NO5S/c1-13(19(22)20-12-15-3-2-10-26-15)25-18(21)7-5-14-4-6-16-17(11-14)24-9-8-23-16/h2-7,10-11,13H,8-9,12H2,1H3,(H,20,22)/b7-5+/t13-/m0/s1. The van der Waals surface area contributed by atoms with Crippen LogP contribution in [0.5, 0.6) is 11.5 Å². The van der Waals surface area contributed by atoms with Gasteiger partial charge in [-0.3, -0.25) is 4.79 Å². The Kier molecular flexibility index (Phi) is 5.91. The Morgan fingerprint density at radius 2 is 2.08 bits per heavy atom. The van der Waals surface area contributed by atoms with Crippen molar-refractivity contribution in [3.05, 3.63) is 52.2 Å². The predicted octanol–water partition coefficient (Wildman–Crippen LogP) is 2.78. The first kappa shape index (κ1) is 18.0. The van der Waals surface area contributed by atoms with Crippen LogP contribution < -0.4 is 14.8 Å². The third-order valence-corrected chi connectivity index (χ3v) is 4.53. The van der Waals surface area contributed by atoms with Crippen LogP contribution in [0.3, 0.4) is 0 Å². The number of ether oxygens (including phenoxy) is 3. The first-order valence-corrected chi connectivity index (χ1v) is 9.08. The Morgan fingerprint density at radius 3 is 2.85 bits per heavy atom. The summed E-state index contributed by atoms with van der Waals surface area (Å²) in [6.45, 7) is 2.99. The second-order valence-corrected chi connectivity index (χ2v) is 6.64. The highest BCUT2D eigenvalue weighted by Gasteiger charge is 2.16. The van der Waals surface area contributed by atoms with Crippen molar-refractivity contribution in [1.29, 1.82) is 0 Å². The Hall–Kier alpha value is -2.80. The van der Waals surface area contributed by atoms with Gasteiger partial charge in [-0.25, -0.2) is 4.79 Å². The van der Waals surface area contributed by atoms with Crippen molar-refractivity contribution in [2.75, 3.05) is 13.2 Å². The van der Waals surface area contributed by atoms with Gasteiger partial charge in [0.05, 0.1) is 6.54 Å². The van der Waals surface area contributed by atoms with Gasteiger partial charge in [0.15, 0.2) is 17.6 Å². The molecule has 1 aliphatic rings. The summed E-state index contributed by atoms with van der Waals surface area (Å²) in [5.74, 6) is 0.415. The van der Waals surface area contributed by atoms with Crippen LogP contribution in [0, 0.1) is 0 Å². The molecule has 0 unspecified atom stereocenters. The van der Waals surface area contributed by atoms with Gasteiger partial charge in [0.2, 0.25) is 0 Å². The number of carbonyl (C=O) groups is 2. The minimum Gasteiger partial charge on any atom is -0.486 e. The minimum atomic E-state index is -0.868.